The predicted octanol–water partition coefficient (Wildman–Crippen LogP) is 3.29. The lowest BCUT2D eigenvalue weighted by molar-refractivity contribution is 0.0904. The fourth-order valence-corrected chi connectivity index (χ4v) is 6.37. The molecule has 6 rings (SSSR count). The first-order chi connectivity index (χ1) is 21.5. The number of benzene rings is 2. The second kappa shape index (κ2) is 13.9. The van der Waals surface area contributed by atoms with Crippen LogP contribution < -0.4 is 21.3 Å². The maximum absolute atomic E-state index is 12.6. The van der Waals surface area contributed by atoms with Gasteiger partial charge < -0.3 is 36.0 Å². The van der Waals surface area contributed by atoms with Crippen LogP contribution in [0.3, 0.4) is 0 Å². The van der Waals surface area contributed by atoms with Crippen molar-refractivity contribution in [2.24, 2.45) is 5.73 Å². The Balaban J connectivity index is 1.19. The Hall–Kier alpha value is -3.77. The number of aliphatic hydroxyl groups excluding tert-OH is 1. The van der Waals surface area contributed by atoms with Crippen molar-refractivity contribution in [3.63, 3.8) is 0 Å². The number of piperazine rings is 1. The first kappa shape index (κ1) is 30.3. The molecule has 3 aliphatic heterocycles. The van der Waals surface area contributed by atoms with Gasteiger partial charge in [-0.1, -0.05) is 24.3 Å². The van der Waals surface area contributed by atoms with Crippen LogP contribution in [0, 0.1) is 0 Å². The summed E-state index contributed by atoms with van der Waals surface area (Å²) in [6, 6.07) is 16.5. The average molecular weight is 601 g/mol. The number of carbonyl (C=O) groups is 1. The lowest BCUT2D eigenvalue weighted by atomic mass is 10.0. The summed E-state index contributed by atoms with van der Waals surface area (Å²) in [5, 5.41) is 16.3. The van der Waals surface area contributed by atoms with Crippen molar-refractivity contribution in [1.29, 1.82) is 0 Å². The van der Waals surface area contributed by atoms with Crippen molar-refractivity contribution >= 4 is 28.9 Å². The molecule has 3 aromatic rings. The van der Waals surface area contributed by atoms with Gasteiger partial charge >= 0.3 is 0 Å². The third-order valence-corrected chi connectivity index (χ3v) is 9.12. The van der Waals surface area contributed by atoms with Gasteiger partial charge in [0, 0.05) is 81.5 Å². The van der Waals surface area contributed by atoms with Gasteiger partial charge in [0.1, 0.15) is 5.69 Å². The second-order valence-corrected chi connectivity index (χ2v) is 12.1. The molecule has 44 heavy (non-hydrogen) atoms. The highest BCUT2D eigenvalue weighted by Gasteiger charge is 2.27. The Morgan fingerprint density at radius 1 is 0.909 bits per heavy atom. The van der Waals surface area contributed by atoms with Crippen LogP contribution in [0.2, 0.25) is 0 Å². The topological polar surface area (TPSA) is 132 Å². The molecule has 5 N–H and O–H groups in total. The first-order valence-electron chi connectivity index (χ1n) is 15.8. The number of nitrogens with one attached hydrogen (secondary N) is 2. The van der Waals surface area contributed by atoms with E-state index in [0.29, 0.717) is 36.6 Å². The van der Waals surface area contributed by atoms with Crippen molar-refractivity contribution < 1.29 is 14.6 Å². The van der Waals surface area contributed by atoms with E-state index >= 15 is 0 Å². The normalized spacial score (nSPS) is 19.2. The van der Waals surface area contributed by atoms with Crippen molar-refractivity contribution in [3.05, 3.63) is 59.8 Å². The van der Waals surface area contributed by atoms with Gasteiger partial charge in [-0.05, 0) is 62.6 Å². The standard InChI is InChI=1S/C33H44N8O3/c1-39-16-18-41(19-17-39)28-10-14-40(15-11-28)27-8-6-25(7-9-27)35-33-30(31(34)43)37-29(24-4-2-23(22-42)3-5-24)32(38-33)36-26-12-20-44-21-13-26/h2-9,26,28,42H,10-22H2,1H3,(H2,34,43)(H2,35,36,38). The molecule has 0 saturated carbocycles. The number of aromatic nitrogens is 2. The van der Waals surface area contributed by atoms with Gasteiger partial charge in [0.2, 0.25) is 0 Å². The summed E-state index contributed by atoms with van der Waals surface area (Å²) in [7, 11) is 2.21. The summed E-state index contributed by atoms with van der Waals surface area (Å²) in [5.74, 6) is 0.218. The van der Waals surface area contributed by atoms with E-state index in [1.807, 2.05) is 36.4 Å². The Labute approximate surface area is 259 Å². The van der Waals surface area contributed by atoms with Gasteiger partial charge in [-0.3, -0.25) is 9.69 Å². The molecule has 1 aromatic heterocycles. The van der Waals surface area contributed by atoms with Gasteiger partial charge in [0.25, 0.3) is 5.91 Å². The second-order valence-electron chi connectivity index (χ2n) is 12.1. The molecule has 0 aliphatic carbocycles. The number of nitrogens with two attached hydrogens (primary N) is 1. The lowest BCUT2D eigenvalue weighted by Gasteiger charge is -2.42. The van der Waals surface area contributed by atoms with Crippen molar-refractivity contribution in [2.45, 2.75) is 44.4 Å². The van der Waals surface area contributed by atoms with Crippen LogP contribution >= 0.6 is 0 Å². The number of hydrogen-bond donors (Lipinski definition) is 4. The van der Waals surface area contributed by atoms with E-state index in [2.05, 4.69) is 44.5 Å². The van der Waals surface area contributed by atoms with E-state index in [-0.39, 0.29) is 18.3 Å². The van der Waals surface area contributed by atoms with E-state index in [4.69, 9.17) is 20.4 Å². The number of likely N-dealkylation sites (N-methyl/N-ethyl adjacent to an activating group) is 1. The Morgan fingerprint density at radius 2 is 1.59 bits per heavy atom. The number of carbonyl (C=O) groups excluding carboxylic acids is 1. The van der Waals surface area contributed by atoms with Gasteiger partial charge in [0.05, 0.1) is 6.61 Å². The Kier molecular flexibility index (Phi) is 9.56. The molecule has 3 fully saturated rings. The quantitative estimate of drug-likeness (QED) is 0.290. The smallest absolute Gasteiger partial charge is 0.271 e. The molecular weight excluding hydrogens is 556 g/mol. The monoisotopic (exact) mass is 600 g/mol. The number of hydrogen-bond acceptors (Lipinski definition) is 10. The van der Waals surface area contributed by atoms with E-state index in [0.717, 1.165) is 55.8 Å². The van der Waals surface area contributed by atoms with Crippen LogP contribution in [0.4, 0.5) is 23.0 Å². The number of rotatable bonds is 9. The SMILES string of the molecule is CN1CCN(C2CCN(c3ccc(Nc4nc(NC5CCOCC5)c(-c5ccc(CO)cc5)nc4C(N)=O)cc3)CC2)CC1. The number of anilines is 4. The van der Waals surface area contributed by atoms with Crippen LogP contribution in [0.25, 0.3) is 11.3 Å². The summed E-state index contributed by atoms with van der Waals surface area (Å²) in [6.07, 6.45) is 4.05. The average Bonchev–Trinajstić information content (AvgIpc) is 3.06. The largest absolute Gasteiger partial charge is 0.392 e. The zero-order valence-electron chi connectivity index (χ0n) is 25.5. The molecule has 0 bridgehead atoms. The zero-order chi connectivity index (χ0) is 30.5. The third-order valence-electron chi connectivity index (χ3n) is 9.12. The molecule has 234 valence electrons. The molecule has 0 unspecified atom stereocenters. The highest BCUT2D eigenvalue weighted by atomic mass is 16.5. The highest BCUT2D eigenvalue weighted by molar-refractivity contribution is 5.97. The Bertz CT molecular complexity index is 1400. The van der Waals surface area contributed by atoms with Gasteiger partial charge in [0.15, 0.2) is 17.3 Å². The number of nitrogens with zero attached hydrogens (tertiary/aromatic N) is 5. The molecule has 1 amide bonds. The number of piperidine rings is 1. The molecular formula is C33H44N8O3. The minimum Gasteiger partial charge on any atom is -0.392 e. The third kappa shape index (κ3) is 7.13. The molecule has 0 atom stereocenters. The zero-order valence-corrected chi connectivity index (χ0v) is 25.5. The van der Waals surface area contributed by atoms with Crippen molar-refractivity contribution in [3.8, 4) is 11.3 Å². The molecule has 3 saturated heterocycles. The van der Waals surface area contributed by atoms with E-state index < -0.39 is 5.91 Å². The minimum atomic E-state index is -0.661. The molecule has 11 heteroatoms. The van der Waals surface area contributed by atoms with Gasteiger partial charge in [-0.25, -0.2) is 9.97 Å². The molecule has 11 nitrogen and oxygen atoms in total. The van der Waals surface area contributed by atoms with Crippen LogP contribution in [-0.4, -0.2) is 102 Å². The summed E-state index contributed by atoms with van der Waals surface area (Å²) >= 11 is 0. The highest BCUT2D eigenvalue weighted by Crippen LogP contribution is 2.32. The fourth-order valence-electron chi connectivity index (χ4n) is 6.37. The number of amides is 1. The number of ether oxygens (including phenoxy) is 1. The van der Waals surface area contributed by atoms with Crippen LogP contribution in [0.1, 0.15) is 41.7 Å². The van der Waals surface area contributed by atoms with Crippen molar-refractivity contribution in [1.82, 2.24) is 19.8 Å². The molecule has 3 aliphatic rings. The summed E-state index contributed by atoms with van der Waals surface area (Å²) in [4.78, 5) is 29.8. The lowest BCUT2D eigenvalue weighted by Crippen LogP contribution is -2.52. The van der Waals surface area contributed by atoms with Crippen molar-refractivity contribution in [2.75, 3.05) is 75.1 Å². The molecule has 4 heterocycles. The van der Waals surface area contributed by atoms with Gasteiger partial charge in [-0.15, -0.1) is 0 Å². The van der Waals surface area contributed by atoms with E-state index in [1.165, 1.54) is 31.6 Å². The van der Waals surface area contributed by atoms with E-state index in [1.54, 1.807) is 0 Å². The maximum atomic E-state index is 12.6. The molecule has 2 aromatic carbocycles. The summed E-state index contributed by atoms with van der Waals surface area (Å²) in [6.45, 7) is 8.04. The maximum Gasteiger partial charge on any atom is 0.271 e. The minimum absolute atomic E-state index is 0.0534. The van der Waals surface area contributed by atoms with Gasteiger partial charge in [-0.2, -0.15) is 0 Å². The fraction of sp³-hybridized carbons (Fsp3) is 0.485. The predicted molar refractivity (Wildman–Crippen MR) is 173 cm³/mol. The van der Waals surface area contributed by atoms with Crippen LogP contribution in [-0.2, 0) is 11.3 Å². The molecule has 0 spiro atoms. The Morgan fingerprint density at radius 3 is 2.23 bits per heavy atom. The van der Waals surface area contributed by atoms with Crippen LogP contribution in [0.5, 0.6) is 0 Å². The van der Waals surface area contributed by atoms with E-state index in [9.17, 15) is 9.90 Å². The summed E-state index contributed by atoms with van der Waals surface area (Å²) < 4.78 is 5.54. The number of aliphatic hydroxyl groups is 1. The summed E-state index contributed by atoms with van der Waals surface area (Å²) in [5.41, 5.74) is 9.99. The number of primary amides is 1. The molecule has 0 radical (unpaired) electrons. The van der Waals surface area contributed by atoms with Crippen LogP contribution in [0.15, 0.2) is 48.5 Å². The first-order valence-corrected chi connectivity index (χ1v) is 15.8.